The molecule has 1 saturated carbocycles. The summed E-state index contributed by atoms with van der Waals surface area (Å²) < 4.78 is 15.7. The van der Waals surface area contributed by atoms with Crippen LogP contribution < -0.4 is 0 Å². The maximum atomic E-state index is 13.9. The molecular weight excluding hydrogens is 167 g/mol. The lowest BCUT2D eigenvalue weighted by Crippen LogP contribution is -2.25. The maximum Gasteiger partial charge on any atom is 0.130 e. The van der Waals surface area contributed by atoms with Gasteiger partial charge in [-0.25, -0.2) is 4.39 Å². The second-order valence-corrected chi connectivity index (χ2v) is 4.07. The Labute approximate surface area is 77.8 Å². The highest BCUT2D eigenvalue weighted by molar-refractivity contribution is 5.00. The predicted octanol–water partition coefficient (Wildman–Crippen LogP) is 2.47. The molecule has 1 aromatic heterocycles. The molecule has 3 heteroatoms. The summed E-state index contributed by atoms with van der Waals surface area (Å²) in [6, 6.07) is 0. The molecule has 0 unspecified atom stereocenters. The molecule has 0 aromatic carbocycles. The van der Waals surface area contributed by atoms with Crippen molar-refractivity contribution in [2.45, 2.75) is 44.8 Å². The summed E-state index contributed by atoms with van der Waals surface area (Å²) in [6.45, 7) is 2.41. The van der Waals surface area contributed by atoms with Crippen LogP contribution in [0.25, 0.3) is 0 Å². The SMILES string of the molecule is Cc1cnn(CC2(F)CCCC2)c1. The number of halogens is 1. The van der Waals surface area contributed by atoms with Gasteiger partial charge in [-0.2, -0.15) is 5.10 Å². The first-order chi connectivity index (χ1) is 6.18. The predicted molar refractivity (Wildman–Crippen MR) is 49.3 cm³/mol. The lowest BCUT2D eigenvalue weighted by molar-refractivity contribution is 0.139. The molecule has 0 saturated heterocycles. The maximum absolute atomic E-state index is 13.9. The highest BCUT2D eigenvalue weighted by Gasteiger charge is 2.34. The molecule has 1 fully saturated rings. The molecular formula is C10H15FN2. The summed E-state index contributed by atoms with van der Waals surface area (Å²) in [5.74, 6) is 0. The number of nitrogens with zero attached hydrogens (tertiary/aromatic N) is 2. The Bertz CT molecular complexity index is 287. The molecule has 2 rings (SSSR count). The molecule has 0 amide bonds. The normalized spacial score (nSPS) is 20.8. The van der Waals surface area contributed by atoms with Crippen LogP contribution in [0.3, 0.4) is 0 Å². The zero-order valence-corrected chi connectivity index (χ0v) is 7.96. The van der Waals surface area contributed by atoms with Gasteiger partial charge in [0.2, 0.25) is 0 Å². The molecule has 1 aliphatic carbocycles. The molecule has 2 nitrogen and oxygen atoms in total. The van der Waals surface area contributed by atoms with Gasteiger partial charge in [-0.05, 0) is 25.3 Å². The molecule has 0 bridgehead atoms. The number of hydrogen-bond acceptors (Lipinski definition) is 1. The highest BCUT2D eigenvalue weighted by Crippen LogP contribution is 2.34. The molecule has 1 aliphatic rings. The third-order valence-corrected chi connectivity index (χ3v) is 2.71. The molecule has 0 radical (unpaired) electrons. The van der Waals surface area contributed by atoms with Crippen molar-refractivity contribution in [3.63, 3.8) is 0 Å². The minimum absolute atomic E-state index is 0.431. The number of aryl methyl sites for hydroxylation is 1. The van der Waals surface area contributed by atoms with E-state index in [0.717, 1.165) is 18.4 Å². The van der Waals surface area contributed by atoms with E-state index in [0.29, 0.717) is 19.4 Å². The van der Waals surface area contributed by atoms with Gasteiger partial charge in [0, 0.05) is 6.20 Å². The van der Waals surface area contributed by atoms with Crippen LogP contribution in [-0.2, 0) is 6.54 Å². The van der Waals surface area contributed by atoms with Crippen LogP contribution in [0.15, 0.2) is 12.4 Å². The monoisotopic (exact) mass is 182 g/mol. The van der Waals surface area contributed by atoms with Crippen LogP contribution in [0.4, 0.5) is 4.39 Å². The molecule has 1 aromatic rings. The molecule has 1 heterocycles. The molecule has 0 atom stereocenters. The van der Waals surface area contributed by atoms with Gasteiger partial charge >= 0.3 is 0 Å². The number of rotatable bonds is 2. The van der Waals surface area contributed by atoms with Gasteiger partial charge in [0.15, 0.2) is 0 Å². The van der Waals surface area contributed by atoms with Crippen LogP contribution in [0.1, 0.15) is 31.2 Å². The molecule has 72 valence electrons. The van der Waals surface area contributed by atoms with Crippen molar-refractivity contribution in [3.8, 4) is 0 Å². The summed E-state index contributed by atoms with van der Waals surface area (Å²) >= 11 is 0. The van der Waals surface area contributed by atoms with E-state index in [2.05, 4.69) is 5.10 Å². The zero-order valence-electron chi connectivity index (χ0n) is 7.96. The number of hydrogen-bond donors (Lipinski definition) is 0. The first-order valence-electron chi connectivity index (χ1n) is 4.86. The first-order valence-corrected chi connectivity index (χ1v) is 4.86. The van der Waals surface area contributed by atoms with E-state index < -0.39 is 5.67 Å². The van der Waals surface area contributed by atoms with E-state index >= 15 is 0 Å². The van der Waals surface area contributed by atoms with Gasteiger partial charge in [0.1, 0.15) is 5.67 Å². The van der Waals surface area contributed by atoms with Crippen molar-refractivity contribution in [2.75, 3.05) is 0 Å². The highest BCUT2D eigenvalue weighted by atomic mass is 19.1. The summed E-state index contributed by atoms with van der Waals surface area (Å²) in [7, 11) is 0. The Kier molecular flexibility index (Phi) is 2.10. The second-order valence-electron chi connectivity index (χ2n) is 4.07. The first kappa shape index (κ1) is 8.73. The summed E-state index contributed by atoms with van der Waals surface area (Å²) in [5.41, 5.74) is 0.111. The van der Waals surface area contributed by atoms with E-state index in [1.807, 2.05) is 13.1 Å². The Morgan fingerprint density at radius 3 is 2.77 bits per heavy atom. The average Bonchev–Trinajstić information content (AvgIpc) is 2.62. The fourth-order valence-corrected chi connectivity index (χ4v) is 2.01. The smallest absolute Gasteiger partial charge is 0.130 e. The summed E-state index contributed by atoms with van der Waals surface area (Å²) in [5, 5.41) is 4.10. The van der Waals surface area contributed by atoms with E-state index in [9.17, 15) is 4.39 Å². The van der Waals surface area contributed by atoms with Gasteiger partial charge in [0.05, 0.1) is 12.7 Å². The van der Waals surface area contributed by atoms with Gasteiger partial charge in [-0.1, -0.05) is 12.8 Å². The summed E-state index contributed by atoms with van der Waals surface area (Å²) in [4.78, 5) is 0. The van der Waals surface area contributed by atoms with Gasteiger partial charge in [-0.15, -0.1) is 0 Å². The molecule has 0 spiro atoms. The minimum Gasteiger partial charge on any atom is -0.269 e. The number of aromatic nitrogens is 2. The van der Waals surface area contributed by atoms with E-state index in [1.54, 1.807) is 10.9 Å². The van der Waals surface area contributed by atoms with Crippen molar-refractivity contribution >= 4 is 0 Å². The topological polar surface area (TPSA) is 17.8 Å². The fraction of sp³-hybridized carbons (Fsp3) is 0.700. The third kappa shape index (κ3) is 1.90. The lowest BCUT2D eigenvalue weighted by atomic mass is 10.1. The standard InChI is InChI=1S/C10H15FN2/c1-9-6-12-13(7-9)8-10(11)4-2-3-5-10/h6-7H,2-5,8H2,1H3. The average molecular weight is 182 g/mol. The van der Waals surface area contributed by atoms with E-state index in [1.165, 1.54) is 0 Å². The quantitative estimate of drug-likeness (QED) is 0.687. The van der Waals surface area contributed by atoms with Crippen LogP contribution in [0.2, 0.25) is 0 Å². The Balaban J connectivity index is 2.04. The molecule has 0 aliphatic heterocycles. The number of alkyl halides is 1. The largest absolute Gasteiger partial charge is 0.269 e. The van der Waals surface area contributed by atoms with Crippen molar-refractivity contribution < 1.29 is 4.39 Å². The van der Waals surface area contributed by atoms with Crippen LogP contribution in [-0.4, -0.2) is 15.4 Å². The minimum atomic E-state index is -0.988. The van der Waals surface area contributed by atoms with Gasteiger partial charge < -0.3 is 0 Å². The van der Waals surface area contributed by atoms with Crippen molar-refractivity contribution in [1.82, 2.24) is 9.78 Å². The van der Waals surface area contributed by atoms with Crippen LogP contribution in [0.5, 0.6) is 0 Å². The van der Waals surface area contributed by atoms with Gasteiger partial charge in [0.25, 0.3) is 0 Å². The Morgan fingerprint density at radius 1 is 1.54 bits per heavy atom. The fourth-order valence-electron chi connectivity index (χ4n) is 2.01. The van der Waals surface area contributed by atoms with Gasteiger partial charge in [-0.3, -0.25) is 4.68 Å². The third-order valence-electron chi connectivity index (χ3n) is 2.71. The Morgan fingerprint density at radius 2 is 2.23 bits per heavy atom. The lowest BCUT2D eigenvalue weighted by Gasteiger charge is -2.18. The van der Waals surface area contributed by atoms with E-state index in [-0.39, 0.29) is 0 Å². The molecule has 0 N–H and O–H groups in total. The zero-order chi connectivity index (χ0) is 9.31. The summed E-state index contributed by atoms with van der Waals surface area (Å²) in [6.07, 6.45) is 7.13. The van der Waals surface area contributed by atoms with Crippen LogP contribution in [0, 0.1) is 6.92 Å². The van der Waals surface area contributed by atoms with E-state index in [4.69, 9.17) is 0 Å². The Hall–Kier alpha value is -0.860. The van der Waals surface area contributed by atoms with Crippen molar-refractivity contribution in [2.24, 2.45) is 0 Å². The second kappa shape index (κ2) is 3.13. The van der Waals surface area contributed by atoms with Crippen LogP contribution >= 0.6 is 0 Å². The van der Waals surface area contributed by atoms with Crippen molar-refractivity contribution in [3.05, 3.63) is 18.0 Å². The molecule has 13 heavy (non-hydrogen) atoms. The van der Waals surface area contributed by atoms with Crippen molar-refractivity contribution in [1.29, 1.82) is 0 Å².